The van der Waals surface area contributed by atoms with Crippen molar-refractivity contribution in [1.29, 1.82) is 0 Å². The van der Waals surface area contributed by atoms with Crippen LogP contribution in [0.2, 0.25) is 0 Å². The van der Waals surface area contributed by atoms with Gasteiger partial charge in [-0.05, 0) is 43.9 Å². The van der Waals surface area contributed by atoms with Gasteiger partial charge in [0.05, 0.1) is 26.9 Å². The van der Waals surface area contributed by atoms with Crippen molar-refractivity contribution < 1.29 is 14.6 Å². The molecule has 3 rings (SSSR count). The number of halogens is 1. The van der Waals surface area contributed by atoms with Gasteiger partial charge in [0.2, 0.25) is 0 Å². The van der Waals surface area contributed by atoms with Gasteiger partial charge in [0.15, 0.2) is 17.5 Å². The number of methoxy groups -OCH3 is 1. The monoisotopic (exact) mass is 546 g/mol. The predicted octanol–water partition coefficient (Wildman–Crippen LogP) is 3.15. The predicted molar refractivity (Wildman–Crippen MR) is 136 cm³/mol. The number of rotatable bonds is 8. The molecular formula is C23H39IN4O3. The van der Waals surface area contributed by atoms with Crippen LogP contribution in [-0.4, -0.2) is 74.6 Å². The van der Waals surface area contributed by atoms with E-state index in [1.54, 1.807) is 13.2 Å². The molecule has 1 aliphatic carbocycles. The van der Waals surface area contributed by atoms with E-state index in [-0.39, 0.29) is 35.3 Å². The average Bonchev–Trinajstić information content (AvgIpc) is 2.80. The van der Waals surface area contributed by atoms with Crippen LogP contribution in [0.5, 0.6) is 11.5 Å². The molecule has 0 aromatic heterocycles. The van der Waals surface area contributed by atoms with E-state index in [9.17, 15) is 5.11 Å². The van der Waals surface area contributed by atoms with Crippen LogP contribution >= 0.6 is 24.0 Å². The minimum absolute atomic E-state index is 0. The van der Waals surface area contributed by atoms with E-state index in [4.69, 9.17) is 14.5 Å². The Bertz CT molecular complexity index is 689. The summed E-state index contributed by atoms with van der Waals surface area (Å²) < 4.78 is 10.8. The number of hydrogen-bond donors (Lipinski definition) is 3. The molecule has 2 aliphatic rings. The van der Waals surface area contributed by atoms with Gasteiger partial charge in [-0.1, -0.05) is 25.3 Å². The van der Waals surface area contributed by atoms with Crippen molar-refractivity contribution in [3.8, 4) is 11.5 Å². The number of aliphatic imine (C=N–C) groups is 1. The van der Waals surface area contributed by atoms with Crippen LogP contribution in [0.15, 0.2) is 23.2 Å². The van der Waals surface area contributed by atoms with Crippen LogP contribution in [0.3, 0.4) is 0 Å². The normalized spacial score (nSPS) is 19.4. The average molecular weight is 546 g/mol. The van der Waals surface area contributed by atoms with Gasteiger partial charge in [0.1, 0.15) is 0 Å². The number of phenols is 1. The maximum Gasteiger partial charge on any atom is 0.191 e. The van der Waals surface area contributed by atoms with Gasteiger partial charge in [-0.15, -0.1) is 24.0 Å². The van der Waals surface area contributed by atoms with Gasteiger partial charge in [-0.3, -0.25) is 9.89 Å². The lowest BCUT2D eigenvalue weighted by Crippen LogP contribution is -2.56. The smallest absolute Gasteiger partial charge is 0.191 e. The lowest BCUT2D eigenvalue weighted by molar-refractivity contribution is -0.0333. The third-order valence-corrected chi connectivity index (χ3v) is 6.29. The van der Waals surface area contributed by atoms with Gasteiger partial charge in [-0.25, -0.2) is 0 Å². The van der Waals surface area contributed by atoms with Gasteiger partial charge in [-0.2, -0.15) is 0 Å². The van der Waals surface area contributed by atoms with E-state index in [0.717, 1.165) is 63.9 Å². The van der Waals surface area contributed by atoms with Crippen LogP contribution in [-0.2, 0) is 11.2 Å². The van der Waals surface area contributed by atoms with Gasteiger partial charge < -0.3 is 25.2 Å². The highest BCUT2D eigenvalue weighted by Gasteiger charge is 2.38. The lowest BCUT2D eigenvalue weighted by Gasteiger charge is -2.47. The number of benzene rings is 1. The summed E-state index contributed by atoms with van der Waals surface area (Å²) in [6.45, 7) is 8.23. The second kappa shape index (κ2) is 13.3. The highest BCUT2D eigenvalue weighted by molar-refractivity contribution is 14.0. The van der Waals surface area contributed by atoms with E-state index in [2.05, 4.69) is 22.5 Å². The highest BCUT2D eigenvalue weighted by atomic mass is 127. The second-order valence-corrected chi connectivity index (χ2v) is 8.26. The molecule has 0 unspecified atom stereocenters. The Hall–Kier alpha value is -1.26. The topological polar surface area (TPSA) is 78.4 Å². The summed E-state index contributed by atoms with van der Waals surface area (Å²) in [5.41, 5.74) is 1.29. The zero-order chi connectivity index (χ0) is 21.2. The minimum Gasteiger partial charge on any atom is -0.504 e. The Morgan fingerprint density at radius 3 is 2.61 bits per heavy atom. The van der Waals surface area contributed by atoms with Crippen LogP contribution < -0.4 is 15.4 Å². The zero-order valence-electron chi connectivity index (χ0n) is 19.0. The summed E-state index contributed by atoms with van der Waals surface area (Å²) in [5.74, 6) is 1.56. The van der Waals surface area contributed by atoms with Crippen molar-refractivity contribution in [2.24, 2.45) is 4.99 Å². The maximum absolute atomic E-state index is 9.76. The van der Waals surface area contributed by atoms with Crippen LogP contribution in [0.4, 0.5) is 0 Å². The molecule has 3 N–H and O–H groups in total. The molecular weight excluding hydrogens is 507 g/mol. The van der Waals surface area contributed by atoms with Crippen LogP contribution in [0, 0.1) is 0 Å². The van der Waals surface area contributed by atoms with Crippen molar-refractivity contribution >= 4 is 29.9 Å². The minimum atomic E-state index is 0. The second-order valence-electron chi connectivity index (χ2n) is 8.26. The highest BCUT2D eigenvalue weighted by Crippen LogP contribution is 2.34. The summed E-state index contributed by atoms with van der Waals surface area (Å²) in [4.78, 5) is 7.64. The number of guanidine groups is 1. The summed E-state index contributed by atoms with van der Waals surface area (Å²) in [7, 11) is 1.57. The van der Waals surface area contributed by atoms with Crippen molar-refractivity contribution in [2.75, 3.05) is 53.0 Å². The summed E-state index contributed by atoms with van der Waals surface area (Å²) >= 11 is 0. The summed E-state index contributed by atoms with van der Waals surface area (Å²) in [6.07, 6.45) is 7.20. The molecule has 7 nitrogen and oxygen atoms in total. The molecule has 2 fully saturated rings. The zero-order valence-corrected chi connectivity index (χ0v) is 21.3. The molecule has 1 saturated heterocycles. The molecule has 1 saturated carbocycles. The van der Waals surface area contributed by atoms with Crippen molar-refractivity contribution in [2.45, 2.75) is 51.0 Å². The van der Waals surface area contributed by atoms with E-state index >= 15 is 0 Å². The molecule has 0 bridgehead atoms. The number of ether oxygens (including phenoxy) is 2. The number of morpholine rings is 1. The Morgan fingerprint density at radius 1 is 1.19 bits per heavy atom. The quantitative estimate of drug-likeness (QED) is 0.264. The largest absolute Gasteiger partial charge is 0.504 e. The number of hydrogen-bond acceptors (Lipinski definition) is 5. The molecule has 0 amide bonds. The van der Waals surface area contributed by atoms with E-state index in [0.29, 0.717) is 5.75 Å². The van der Waals surface area contributed by atoms with Crippen molar-refractivity contribution in [3.63, 3.8) is 0 Å². The van der Waals surface area contributed by atoms with Crippen LogP contribution in [0.1, 0.15) is 44.6 Å². The number of aromatic hydroxyl groups is 1. The van der Waals surface area contributed by atoms with Crippen LogP contribution in [0.25, 0.3) is 0 Å². The third-order valence-electron chi connectivity index (χ3n) is 6.29. The van der Waals surface area contributed by atoms with Gasteiger partial charge in [0.25, 0.3) is 0 Å². The molecule has 1 aromatic carbocycles. The molecule has 8 heteroatoms. The molecule has 176 valence electrons. The number of nitrogens with one attached hydrogen (secondary N) is 2. The fraction of sp³-hybridized carbons (Fsp3) is 0.696. The Morgan fingerprint density at radius 2 is 1.94 bits per heavy atom. The molecule has 0 atom stereocenters. The first-order chi connectivity index (χ1) is 14.7. The Balaban J connectivity index is 0.00000341. The summed E-state index contributed by atoms with van der Waals surface area (Å²) in [5, 5.41) is 16.6. The fourth-order valence-corrected chi connectivity index (χ4v) is 4.59. The molecule has 0 spiro atoms. The fourth-order valence-electron chi connectivity index (χ4n) is 4.59. The Kier molecular flexibility index (Phi) is 11.2. The first-order valence-corrected chi connectivity index (χ1v) is 11.4. The van der Waals surface area contributed by atoms with Gasteiger partial charge >= 0.3 is 0 Å². The first-order valence-electron chi connectivity index (χ1n) is 11.4. The van der Waals surface area contributed by atoms with Crippen molar-refractivity contribution in [1.82, 2.24) is 15.5 Å². The van der Waals surface area contributed by atoms with Gasteiger partial charge in [0, 0.05) is 31.7 Å². The third kappa shape index (κ3) is 7.39. The molecule has 31 heavy (non-hydrogen) atoms. The molecule has 1 heterocycles. The standard InChI is InChI=1S/C23H38N4O3.HI/c1-3-24-22(25-12-9-19-7-8-20(28)21(17-19)29-2)26-18-23(10-5-4-6-11-23)27-13-15-30-16-14-27;/h7-8,17,28H,3-6,9-16,18H2,1-2H3,(H2,24,25,26);1H. The number of nitrogens with zero attached hydrogens (tertiary/aromatic N) is 2. The van der Waals surface area contributed by atoms with Crippen molar-refractivity contribution in [3.05, 3.63) is 23.8 Å². The van der Waals surface area contributed by atoms with E-state index < -0.39 is 0 Å². The lowest BCUT2D eigenvalue weighted by atomic mass is 9.80. The summed E-state index contributed by atoms with van der Waals surface area (Å²) in [6, 6.07) is 5.50. The maximum atomic E-state index is 9.76. The molecule has 1 aliphatic heterocycles. The number of phenolic OH excluding ortho intramolecular Hbond substituents is 1. The van der Waals surface area contributed by atoms with E-state index in [1.807, 2.05) is 12.1 Å². The molecule has 0 radical (unpaired) electrons. The SMILES string of the molecule is CCNC(=NCC1(N2CCOCC2)CCCCC1)NCCc1ccc(O)c(OC)c1.I. The Labute approximate surface area is 204 Å². The molecule has 1 aromatic rings. The first kappa shape index (κ1) is 26.0. The van der Waals surface area contributed by atoms with E-state index in [1.165, 1.54) is 32.1 Å².